The van der Waals surface area contributed by atoms with Crippen LogP contribution < -0.4 is 5.73 Å². The van der Waals surface area contributed by atoms with Crippen molar-refractivity contribution in [1.82, 2.24) is 10.1 Å². The van der Waals surface area contributed by atoms with E-state index in [0.717, 1.165) is 24.7 Å². The molecular formula is C16H29N3O. The van der Waals surface area contributed by atoms with Gasteiger partial charge in [-0.1, -0.05) is 32.9 Å². The zero-order chi connectivity index (χ0) is 14.8. The van der Waals surface area contributed by atoms with Gasteiger partial charge in [-0.05, 0) is 49.4 Å². The fourth-order valence-corrected chi connectivity index (χ4v) is 3.27. The van der Waals surface area contributed by atoms with Gasteiger partial charge < -0.3 is 10.3 Å². The van der Waals surface area contributed by atoms with Crippen molar-refractivity contribution in [2.24, 2.45) is 23.0 Å². The molecule has 2 N–H and O–H groups in total. The maximum Gasteiger partial charge on any atom is 0.226 e. The molecule has 0 spiro atoms. The van der Waals surface area contributed by atoms with Crippen LogP contribution in [-0.4, -0.2) is 10.1 Å². The molecule has 0 aromatic carbocycles. The van der Waals surface area contributed by atoms with Gasteiger partial charge in [0, 0.05) is 6.42 Å². The van der Waals surface area contributed by atoms with Crippen molar-refractivity contribution >= 4 is 0 Å². The molecule has 0 bridgehead atoms. The van der Waals surface area contributed by atoms with Crippen molar-refractivity contribution in [3.05, 3.63) is 11.7 Å². The maximum absolute atomic E-state index is 6.35. The van der Waals surface area contributed by atoms with Gasteiger partial charge in [-0.3, -0.25) is 0 Å². The maximum atomic E-state index is 6.35. The molecule has 4 nitrogen and oxygen atoms in total. The molecule has 1 aromatic rings. The highest BCUT2D eigenvalue weighted by molar-refractivity contribution is 4.97. The molecule has 0 saturated heterocycles. The number of hydrogen-bond donors (Lipinski definition) is 1. The molecule has 1 heterocycles. The lowest BCUT2D eigenvalue weighted by Gasteiger charge is -2.38. The second-order valence-electron chi connectivity index (χ2n) is 7.30. The van der Waals surface area contributed by atoms with Crippen LogP contribution in [0.25, 0.3) is 0 Å². The molecule has 1 atom stereocenters. The molecule has 0 amide bonds. The minimum atomic E-state index is -0.0646. The van der Waals surface area contributed by atoms with Gasteiger partial charge in [-0.2, -0.15) is 4.98 Å². The largest absolute Gasteiger partial charge is 0.339 e. The molecule has 4 heteroatoms. The van der Waals surface area contributed by atoms with Crippen LogP contribution in [0.15, 0.2) is 4.52 Å². The molecule has 1 aliphatic carbocycles. The van der Waals surface area contributed by atoms with Crippen LogP contribution in [0.5, 0.6) is 0 Å². The van der Waals surface area contributed by atoms with E-state index in [-0.39, 0.29) is 6.04 Å². The van der Waals surface area contributed by atoms with Gasteiger partial charge in [0.2, 0.25) is 5.89 Å². The minimum absolute atomic E-state index is 0.0646. The normalized spacial score (nSPS) is 25.6. The van der Waals surface area contributed by atoms with Crippen LogP contribution in [0.1, 0.15) is 77.6 Å². The Morgan fingerprint density at radius 1 is 1.25 bits per heavy atom. The SMILES string of the molecule is CCCc1nc(C(N)C2CCC(C(C)(C)C)CC2)no1. The zero-order valence-corrected chi connectivity index (χ0v) is 13.4. The molecular weight excluding hydrogens is 250 g/mol. The van der Waals surface area contributed by atoms with Crippen LogP contribution in [0.2, 0.25) is 0 Å². The van der Waals surface area contributed by atoms with Crippen molar-refractivity contribution in [3.8, 4) is 0 Å². The Bertz CT molecular complexity index is 414. The van der Waals surface area contributed by atoms with Crippen molar-refractivity contribution in [3.63, 3.8) is 0 Å². The van der Waals surface area contributed by atoms with Gasteiger partial charge in [0.05, 0.1) is 6.04 Å². The van der Waals surface area contributed by atoms with Crippen LogP contribution in [0.4, 0.5) is 0 Å². The topological polar surface area (TPSA) is 64.9 Å². The number of nitrogens with two attached hydrogens (primary N) is 1. The van der Waals surface area contributed by atoms with E-state index in [1.54, 1.807) is 0 Å². The third kappa shape index (κ3) is 3.60. The first-order chi connectivity index (χ1) is 9.41. The lowest BCUT2D eigenvalue weighted by molar-refractivity contribution is 0.138. The average molecular weight is 279 g/mol. The molecule has 114 valence electrons. The summed E-state index contributed by atoms with van der Waals surface area (Å²) in [7, 11) is 0. The zero-order valence-electron chi connectivity index (χ0n) is 13.4. The van der Waals surface area contributed by atoms with Gasteiger partial charge in [-0.15, -0.1) is 0 Å². The average Bonchev–Trinajstić information content (AvgIpc) is 2.86. The van der Waals surface area contributed by atoms with Crippen molar-refractivity contribution in [1.29, 1.82) is 0 Å². The molecule has 1 aliphatic rings. The summed E-state index contributed by atoms with van der Waals surface area (Å²) in [4.78, 5) is 4.44. The van der Waals surface area contributed by atoms with Crippen LogP contribution in [-0.2, 0) is 6.42 Å². The minimum Gasteiger partial charge on any atom is -0.339 e. The highest BCUT2D eigenvalue weighted by atomic mass is 16.5. The highest BCUT2D eigenvalue weighted by Gasteiger charge is 2.33. The lowest BCUT2D eigenvalue weighted by atomic mass is 9.68. The van der Waals surface area contributed by atoms with Crippen LogP contribution >= 0.6 is 0 Å². The highest BCUT2D eigenvalue weighted by Crippen LogP contribution is 2.42. The molecule has 20 heavy (non-hydrogen) atoms. The number of hydrogen-bond acceptors (Lipinski definition) is 4. The Hall–Kier alpha value is -0.900. The first-order valence-electron chi connectivity index (χ1n) is 8.00. The summed E-state index contributed by atoms with van der Waals surface area (Å²) < 4.78 is 5.25. The number of aryl methyl sites for hydroxylation is 1. The van der Waals surface area contributed by atoms with E-state index in [4.69, 9.17) is 10.3 Å². The quantitative estimate of drug-likeness (QED) is 0.908. The van der Waals surface area contributed by atoms with Gasteiger partial charge in [0.1, 0.15) is 0 Å². The third-order valence-electron chi connectivity index (χ3n) is 4.75. The predicted octanol–water partition coefficient (Wildman–Crippen LogP) is 3.87. The monoisotopic (exact) mass is 279 g/mol. The Labute approximate surface area is 122 Å². The first-order valence-corrected chi connectivity index (χ1v) is 8.00. The Balaban J connectivity index is 1.92. The molecule has 0 radical (unpaired) electrons. The fourth-order valence-electron chi connectivity index (χ4n) is 3.27. The first kappa shape index (κ1) is 15.5. The second kappa shape index (κ2) is 6.25. The van der Waals surface area contributed by atoms with Crippen LogP contribution in [0.3, 0.4) is 0 Å². The smallest absolute Gasteiger partial charge is 0.226 e. The van der Waals surface area contributed by atoms with Crippen molar-refractivity contribution < 1.29 is 4.52 Å². The summed E-state index contributed by atoms with van der Waals surface area (Å²) in [6.45, 7) is 9.13. The van der Waals surface area contributed by atoms with Gasteiger partial charge in [-0.25, -0.2) is 0 Å². The Morgan fingerprint density at radius 2 is 1.90 bits per heavy atom. The van der Waals surface area contributed by atoms with Crippen molar-refractivity contribution in [2.75, 3.05) is 0 Å². The molecule has 1 saturated carbocycles. The fraction of sp³-hybridized carbons (Fsp3) is 0.875. The van der Waals surface area contributed by atoms with Gasteiger partial charge in [0.25, 0.3) is 0 Å². The van der Waals surface area contributed by atoms with E-state index in [2.05, 4.69) is 37.8 Å². The summed E-state index contributed by atoms with van der Waals surface area (Å²) in [5.74, 6) is 2.74. The molecule has 1 aromatic heterocycles. The van der Waals surface area contributed by atoms with E-state index in [1.165, 1.54) is 25.7 Å². The summed E-state index contributed by atoms with van der Waals surface area (Å²) in [5, 5.41) is 4.07. The van der Waals surface area contributed by atoms with E-state index in [1.807, 2.05) is 0 Å². The standard InChI is InChI=1S/C16H29N3O/c1-5-6-13-18-15(19-20-13)14(17)11-7-9-12(10-8-11)16(2,3)4/h11-12,14H,5-10,17H2,1-4H3. The second-order valence-corrected chi connectivity index (χ2v) is 7.30. The summed E-state index contributed by atoms with van der Waals surface area (Å²) >= 11 is 0. The van der Waals surface area contributed by atoms with E-state index in [9.17, 15) is 0 Å². The van der Waals surface area contributed by atoms with E-state index in [0.29, 0.717) is 17.2 Å². The third-order valence-corrected chi connectivity index (χ3v) is 4.75. The summed E-state index contributed by atoms with van der Waals surface area (Å²) in [6.07, 6.45) is 6.76. The molecule has 1 unspecified atom stereocenters. The summed E-state index contributed by atoms with van der Waals surface area (Å²) in [6, 6.07) is -0.0646. The number of nitrogens with zero attached hydrogens (tertiary/aromatic N) is 2. The van der Waals surface area contributed by atoms with Gasteiger partial charge >= 0.3 is 0 Å². The summed E-state index contributed by atoms with van der Waals surface area (Å²) in [5.41, 5.74) is 6.76. The van der Waals surface area contributed by atoms with Crippen LogP contribution in [0, 0.1) is 17.3 Å². The van der Waals surface area contributed by atoms with Gasteiger partial charge in [0.15, 0.2) is 5.82 Å². The van der Waals surface area contributed by atoms with E-state index < -0.39 is 0 Å². The predicted molar refractivity (Wildman–Crippen MR) is 80.1 cm³/mol. The molecule has 1 fully saturated rings. The molecule has 2 rings (SSSR count). The Kier molecular flexibility index (Phi) is 4.84. The van der Waals surface area contributed by atoms with E-state index >= 15 is 0 Å². The molecule has 0 aliphatic heterocycles. The van der Waals surface area contributed by atoms with Crippen molar-refractivity contribution in [2.45, 2.75) is 72.3 Å². The number of aromatic nitrogens is 2. The lowest BCUT2D eigenvalue weighted by Crippen LogP contribution is -2.31. The number of rotatable bonds is 4. The Morgan fingerprint density at radius 3 is 2.45 bits per heavy atom.